The molecule has 0 saturated heterocycles. The molecule has 1 amide bonds. The lowest BCUT2D eigenvalue weighted by Gasteiger charge is -2.25. The number of amides is 1. The third kappa shape index (κ3) is 4.68. The highest BCUT2D eigenvalue weighted by Crippen LogP contribution is 2.23. The van der Waals surface area contributed by atoms with E-state index in [4.69, 9.17) is 4.42 Å². The molecule has 1 atom stereocenters. The molecular weight excluding hydrogens is 320 g/mol. The minimum atomic E-state index is -0.556. The Morgan fingerprint density at radius 3 is 2.56 bits per heavy atom. The lowest BCUT2D eigenvalue weighted by atomic mass is 9.95. The van der Waals surface area contributed by atoms with Gasteiger partial charge < -0.3 is 14.1 Å². The van der Waals surface area contributed by atoms with Gasteiger partial charge in [-0.25, -0.2) is 9.78 Å². The quantitative estimate of drug-likeness (QED) is 0.686. The summed E-state index contributed by atoms with van der Waals surface area (Å²) in [4.78, 5) is 30.4. The average Bonchev–Trinajstić information content (AvgIpc) is 3.10. The third-order valence-electron chi connectivity index (χ3n) is 3.99. The van der Waals surface area contributed by atoms with Crippen LogP contribution in [0.15, 0.2) is 41.0 Å². The Morgan fingerprint density at radius 1 is 1.24 bits per heavy atom. The molecule has 1 heterocycles. The van der Waals surface area contributed by atoms with Gasteiger partial charge in [0.25, 0.3) is 0 Å². The number of hydrogen-bond donors (Lipinski definition) is 0. The Labute approximate surface area is 147 Å². The number of ether oxygens (including phenoxy) is 1. The Balaban J connectivity index is 2.17. The zero-order valence-electron chi connectivity index (χ0n) is 14.9. The predicted molar refractivity (Wildman–Crippen MR) is 93.0 cm³/mol. The van der Waals surface area contributed by atoms with Crippen molar-refractivity contribution in [3.05, 3.63) is 53.7 Å². The predicted octanol–water partition coefficient (Wildman–Crippen LogP) is 3.39. The van der Waals surface area contributed by atoms with Crippen LogP contribution in [0.4, 0.5) is 0 Å². The summed E-state index contributed by atoms with van der Waals surface area (Å²) in [7, 11) is 1.29. The van der Waals surface area contributed by atoms with Crippen LogP contribution in [0.2, 0.25) is 0 Å². The largest absolute Gasteiger partial charge is 0.464 e. The van der Waals surface area contributed by atoms with E-state index in [2.05, 4.69) is 9.72 Å². The van der Waals surface area contributed by atoms with Crippen molar-refractivity contribution in [3.63, 3.8) is 0 Å². The van der Waals surface area contributed by atoms with Gasteiger partial charge in [-0.1, -0.05) is 44.2 Å². The van der Waals surface area contributed by atoms with Crippen LogP contribution in [0.25, 0.3) is 0 Å². The van der Waals surface area contributed by atoms with Crippen molar-refractivity contribution < 1.29 is 18.7 Å². The van der Waals surface area contributed by atoms with E-state index in [9.17, 15) is 9.59 Å². The minimum Gasteiger partial charge on any atom is -0.464 e. The normalized spacial score (nSPS) is 11.8. The topological polar surface area (TPSA) is 72.6 Å². The molecule has 1 unspecified atom stereocenters. The molecule has 0 aliphatic rings. The number of oxazole rings is 1. The molecule has 1 aromatic carbocycles. The van der Waals surface area contributed by atoms with Gasteiger partial charge >= 0.3 is 5.97 Å². The first kappa shape index (κ1) is 18.7. The number of benzene rings is 1. The molecular formula is C19H24N2O4. The molecule has 2 rings (SSSR count). The van der Waals surface area contributed by atoms with E-state index in [1.807, 2.05) is 44.2 Å². The fourth-order valence-electron chi connectivity index (χ4n) is 2.74. The number of methoxy groups -OCH3 is 1. The van der Waals surface area contributed by atoms with Gasteiger partial charge in [-0.2, -0.15) is 0 Å². The van der Waals surface area contributed by atoms with Gasteiger partial charge in [-0.15, -0.1) is 0 Å². The van der Waals surface area contributed by atoms with Crippen LogP contribution in [0, 0.1) is 0 Å². The molecule has 6 heteroatoms. The number of rotatable bonds is 8. The van der Waals surface area contributed by atoms with Crippen molar-refractivity contribution >= 4 is 11.9 Å². The highest BCUT2D eigenvalue weighted by molar-refractivity contribution is 5.86. The molecule has 0 fully saturated rings. The first-order chi connectivity index (χ1) is 12.1. The molecule has 0 N–H and O–H groups in total. The van der Waals surface area contributed by atoms with Gasteiger partial charge in [-0.05, 0) is 18.4 Å². The van der Waals surface area contributed by atoms with Crippen molar-refractivity contribution in [2.75, 3.05) is 13.7 Å². The fraction of sp³-hybridized carbons (Fsp3) is 0.421. The molecule has 0 saturated carbocycles. The molecule has 2 aromatic rings. The van der Waals surface area contributed by atoms with Crippen molar-refractivity contribution in [1.29, 1.82) is 0 Å². The summed E-state index contributed by atoms with van der Waals surface area (Å²) in [5, 5.41) is 0. The maximum absolute atomic E-state index is 13.0. The van der Waals surface area contributed by atoms with Crippen molar-refractivity contribution in [2.45, 2.75) is 39.2 Å². The number of esters is 1. The minimum absolute atomic E-state index is 0.0355. The summed E-state index contributed by atoms with van der Waals surface area (Å²) in [6, 6.07) is 9.75. The Morgan fingerprint density at radius 2 is 1.96 bits per heavy atom. The summed E-state index contributed by atoms with van der Waals surface area (Å²) in [6.45, 7) is 4.84. The van der Waals surface area contributed by atoms with E-state index >= 15 is 0 Å². The SMILES string of the molecule is CCCN(Cc1nc(C(=O)OC)co1)C(=O)C(CC)c1ccccc1. The van der Waals surface area contributed by atoms with Gasteiger partial charge in [0.1, 0.15) is 6.26 Å². The Bertz CT molecular complexity index is 696. The molecule has 0 spiro atoms. The summed E-state index contributed by atoms with van der Waals surface area (Å²) in [6.07, 6.45) is 2.79. The first-order valence-electron chi connectivity index (χ1n) is 8.47. The second-order valence-corrected chi connectivity index (χ2v) is 5.75. The van der Waals surface area contributed by atoms with Gasteiger partial charge in [0.05, 0.1) is 19.6 Å². The van der Waals surface area contributed by atoms with E-state index in [0.717, 1.165) is 12.0 Å². The second-order valence-electron chi connectivity index (χ2n) is 5.75. The van der Waals surface area contributed by atoms with E-state index in [1.54, 1.807) is 4.90 Å². The van der Waals surface area contributed by atoms with Crippen LogP contribution in [-0.2, 0) is 16.1 Å². The molecule has 0 aliphatic heterocycles. The van der Waals surface area contributed by atoms with Crippen molar-refractivity contribution in [2.24, 2.45) is 0 Å². The van der Waals surface area contributed by atoms with Crippen molar-refractivity contribution in [3.8, 4) is 0 Å². The summed E-state index contributed by atoms with van der Waals surface area (Å²) >= 11 is 0. The molecule has 6 nitrogen and oxygen atoms in total. The van der Waals surface area contributed by atoms with Crippen LogP contribution in [0.1, 0.15) is 54.5 Å². The van der Waals surface area contributed by atoms with Gasteiger partial charge in [0.15, 0.2) is 5.69 Å². The third-order valence-corrected chi connectivity index (χ3v) is 3.99. The number of aromatic nitrogens is 1. The van der Waals surface area contributed by atoms with Gasteiger partial charge in [0.2, 0.25) is 11.8 Å². The molecule has 0 radical (unpaired) electrons. The number of carbonyl (C=O) groups excluding carboxylic acids is 2. The second kappa shape index (κ2) is 9.01. The lowest BCUT2D eigenvalue weighted by molar-refractivity contribution is -0.133. The lowest BCUT2D eigenvalue weighted by Crippen LogP contribution is -2.35. The van der Waals surface area contributed by atoms with E-state index < -0.39 is 5.97 Å². The van der Waals surface area contributed by atoms with E-state index in [-0.39, 0.29) is 24.1 Å². The number of carbonyl (C=O) groups is 2. The highest BCUT2D eigenvalue weighted by Gasteiger charge is 2.25. The molecule has 1 aromatic heterocycles. The smallest absolute Gasteiger partial charge is 0.360 e. The summed E-state index contributed by atoms with van der Waals surface area (Å²) in [5.74, 6) is -0.402. The maximum atomic E-state index is 13.0. The molecule has 0 aliphatic carbocycles. The summed E-state index contributed by atoms with van der Waals surface area (Å²) < 4.78 is 9.95. The molecule has 0 bridgehead atoms. The molecule has 134 valence electrons. The van der Waals surface area contributed by atoms with Crippen LogP contribution in [0.5, 0.6) is 0 Å². The van der Waals surface area contributed by atoms with E-state index in [0.29, 0.717) is 18.9 Å². The van der Waals surface area contributed by atoms with E-state index in [1.165, 1.54) is 13.4 Å². The zero-order valence-corrected chi connectivity index (χ0v) is 14.9. The Kier molecular flexibility index (Phi) is 6.74. The zero-order chi connectivity index (χ0) is 18.2. The number of nitrogens with zero attached hydrogens (tertiary/aromatic N) is 2. The van der Waals surface area contributed by atoms with Crippen molar-refractivity contribution in [1.82, 2.24) is 9.88 Å². The van der Waals surface area contributed by atoms with Crippen LogP contribution in [0.3, 0.4) is 0 Å². The van der Waals surface area contributed by atoms with Crippen LogP contribution < -0.4 is 0 Å². The standard InChI is InChI=1S/C19H24N2O4/c1-4-11-21(12-17-20-16(13-25-17)19(23)24-3)18(22)15(5-2)14-9-7-6-8-10-14/h6-10,13,15H,4-5,11-12H2,1-3H3. The van der Waals surface area contributed by atoms with Gasteiger partial charge in [0, 0.05) is 6.54 Å². The number of hydrogen-bond acceptors (Lipinski definition) is 5. The molecule has 25 heavy (non-hydrogen) atoms. The first-order valence-corrected chi connectivity index (χ1v) is 8.47. The fourth-order valence-corrected chi connectivity index (χ4v) is 2.74. The van der Waals surface area contributed by atoms with Crippen LogP contribution in [-0.4, -0.2) is 35.4 Å². The van der Waals surface area contributed by atoms with Gasteiger partial charge in [-0.3, -0.25) is 4.79 Å². The Hall–Kier alpha value is -2.63. The summed E-state index contributed by atoms with van der Waals surface area (Å²) in [5.41, 5.74) is 1.11. The maximum Gasteiger partial charge on any atom is 0.360 e. The highest BCUT2D eigenvalue weighted by atomic mass is 16.5. The van der Waals surface area contributed by atoms with Crippen LogP contribution >= 0.6 is 0 Å². The monoisotopic (exact) mass is 344 g/mol. The average molecular weight is 344 g/mol.